The smallest absolute Gasteiger partial charge is 0.412 e. The van der Waals surface area contributed by atoms with Crippen molar-refractivity contribution in [3.05, 3.63) is 60.0 Å². The van der Waals surface area contributed by atoms with E-state index in [1.54, 1.807) is 13.4 Å². The number of thiazole rings is 1. The summed E-state index contributed by atoms with van der Waals surface area (Å²) in [4.78, 5) is 21.4. The molecule has 0 saturated heterocycles. The number of anilines is 1. The number of rotatable bonds is 6. The molecule has 2 aromatic heterocycles. The Morgan fingerprint density at radius 1 is 1.23 bits per heavy atom. The fraction of sp³-hybridized carbons (Fsp3) is 0.227. The van der Waals surface area contributed by atoms with Crippen LogP contribution in [-0.4, -0.2) is 27.7 Å². The summed E-state index contributed by atoms with van der Waals surface area (Å²) in [6, 6.07) is 13.5. The molecule has 4 rings (SSSR count). The van der Waals surface area contributed by atoms with Gasteiger partial charge in [-0.05, 0) is 36.2 Å². The third-order valence-corrected chi connectivity index (χ3v) is 5.79. The lowest BCUT2D eigenvalue weighted by Crippen LogP contribution is -2.13. The number of nitrogens with one attached hydrogen (secondary N) is 1. The van der Waals surface area contributed by atoms with Gasteiger partial charge >= 0.3 is 6.09 Å². The van der Waals surface area contributed by atoms with Crippen molar-refractivity contribution in [2.24, 2.45) is 7.05 Å². The number of benzene rings is 2. The minimum atomic E-state index is -0.513. The second-order valence-electron chi connectivity index (χ2n) is 6.73. The van der Waals surface area contributed by atoms with Crippen LogP contribution in [0, 0.1) is 0 Å². The average Bonchev–Trinajstić information content (AvgIpc) is 3.35. The zero-order valence-corrected chi connectivity index (χ0v) is 17.8. The van der Waals surface area contributed by atoms with Gasteiger partial charge in [-0.1, -0.05) is 36.5 Å². The van der Waals surface area contributed by atoms with E-state index in [0.29, 0.717) is 11.4 Å². The monoisotopic (exact) mass is 422 g/mol. The number of hydrogen-bond donors (Lipinski definition) is 1. The lowest BCUT2D eigenvalue weighted by molar-refractivity contribution is 0.155. The number of carbonyl (C=O) groups excluding carboxylic acids is 1. The predicted molar refractivity (Wildman–Crippen MR) is 118 cm³/mol. The standard InChI is InChI=1S/C22H22N4O3S/c1-4-16-21(30-20(24-16)15-7-5-6-8-19(15)28-3)25-22(27)29-12-14-9-10-18-17(11-14)23-13-26(18)2/h5-11,13H,4,12H2,1-3H3,(H,25,27). The fourth-order valence-electron chi connectivity index (χ4n) is 3.17. The molecule has 2 heterocycles. The van der Waals surface area contributed by atoms with Crippen LogP contribution < -0.4 is 10.1 Å². The van der Waals surface area contributed by atoms with Crippen molar-refractivity contribution in [2.75, 3.05) is 12.4 Å². The van der Waals surface area contributed by atoms with Crippen molar-refractivity contribution >= 4 is 33.5 Å². The maximum absolute atomic E-state index is 12.4. The van der Waals surface area contributed by atoms with E-state index >= 15 is 0 Å². The van der Waals surface area contributed by atoms with E-state index in [0.717, 1.165) is 38.6 Å². The molecule has 1 N–H and O–H groups in total. The minimum absolute atomic E-state index is 0.165. The Morgan fingerprint density at radius 3 is 2.87 bits per heavy atom. The van der Waals surface area contributed by atoms with Crippen LogP contribution in [0.1, 0.15) is 18.2 Å². The van der Waals surface area contributed by atoms with Crippen molar-refractivity contribution in [3.8, 4) is 16.3 Å². The lowest BCUT2D eigenvalue weighted by atomic mass is 10.2. The molecule has 4 aromatic rings. The van der Waals surface area contributed by atoms with Crippen molar-refractivity contribution in [2.45, 2.75) is 20.0 Å². The first-order chi connectivity index (χ1) is 14.6. The van der Waals surface area contributed by atoms with Gasteiger partial charge in [0.2, 0.25) is 0 Å². The Kier molecular flexibility index (Phi) is 5.67. The van der Waals surface area contributed by atoms with Crippen molar-refractivity contribution in [1.29, 1.82) is 0 Å². The first kappa shape index (κ1) is 19.9. The van der Waals surface area contributed by atoms with Gasteiger partial charge in [0.15, 0.2) is 0 Å². The van der Waals surface area contributed by atoms with Crippen LogP contribution in [0.2, 0.25) is 0 Å². The Labute approximate surface area is 178 Å². The molecule has 0 aliphatic carbocycles. The minimum Gasteiger partial charge on any atom is -0.496 e. The lowest BCUT2D eigenvalue weighted by Gasteiger charge is -2.07. The number of ether oxygens (including phenoxy) is 2. The zero-order chi connectivity index (χ0) is 21.1. The van der Waals surface area contributed by atoms with E-state index in [4.69, 9.17) is 9.47 Å². The second-order valence-corrected chi connectivity index (χ2v) is 7.73. The van der Waals surface area contributed by atoms with E-state index in [2.05, 4.69) is 15.3 Å². The van der Waals surface area contributed by atoms with E-state index in [1.807, 2.05) is 61.0 Å². The molecular weight excluding hydrogens is 400 g/mol. The molecule has 154 valence electrons. The van der Waals surface area contributed by atoms with E-state index in [9.17, 15) is 4.79 Å². The quantitative estimate of drug-likeness (QED) is 0.472. The number of imidazole rings is 1. The number of para-hydroxylation sites is 1. The topological polar surface area (TPSA) is 78.3 Å². The van der Waals surface area contributed by atoms with Gasteiger partial charge < -0.3 is 14.0 Å². The average molecular weight is 423 g/mol. The molecule has 2 aromatic carbocycles. The highest BCUT2D eigenvalue weighted by atomic mass is 32.1. The molecule has 0 spiro atoms. The summed E-state index contributed by atoms with van der Waals surface area (Å²) in [5.41, 5.74) is 4.49. The van der Waals surface area contributed by atoms with Crippen LogP contribution in [0.5, 0.6) is 5.75 Å². The molecule has 0 atom stereocenters. The van der Waals surface area contributed by atoms with Crippen LogP contribution >= 0.6 is 11.3 Å². The molecular formula is C22H22N4O3S. The van der Waals surface area contributed by atoms with Crippen LogP contribution in [0.25, 0.3) is 21.6 Å². The van der Waals surface area contributed by atoms with E-state index < -0.39 is 6.09 Å². The Balaban J connectivity index is 1.46. The summed E-state index contributed by atoms with van der Waals surface area (Å²) < 4.78 is 12.8. The molecule has 0 aliphatic rings. The molecule has 0 saturated carbocycles. The molecule has 0 unspecified atom stereocenters. The number of aryl methyl sites for hydroxylation is 2. The van der Waals surface area contributed by atoms with Crippen LogP contribution in [0.4, 0.5) is 9.80 Å². The van der Waals surface area contributed by atoms with E-state index in [-0.39, 0.29) is 6.61 Å². The number of aromatic nitrogens is 3. The predicted octanol–water partition coefficient (Wildman–Crippen LogP) is 5.02. The molecule has 0 bridgehead atoms. The molecule has 1 amide bonds. The van der Waals surface area contributed by atoms with Gasteiger partial charge in [0.1, 0.15) is 22.4 Å². The number of amides is 1. The molecule has 0 aliphatic heterocycles. The molecule has 0 radical (unpaired) electrons. The third-order valence-electron chi connectivity index (χ3n) is 4.74. The number of carbonyl (C=O) groups is 1. The summed E-state index contributed by atoms with van der Waals surface area (Å²) in [5, 5.41) is 4.31. The molecule has 30 heavy (non-hydrogen) atoms. The van der Waals surface area contributed by atoms with E-state index in [1.165, 1.54) is 11.3 Å². The van der Waals surface area contributed by atoms with Crippen LogP contribution in [0.15, 0.2) is 48.8 Å². The largest absolute Gasteiger partial charge is 0.496 e. The summed E-state index contributed by atoms with van der Waals surface area (Å²) >= 11 is 1.41. The summed E-state index contributed by atoms with van der Waals surface area (Å²) in [6.45, 7) is 2.16. The van der Waals surface area contributed by atoms with Gasteiger partial charge in [-0.25, -0.2) is 14.8 Å². The van der Waals surface area contributed by atoms with Gasteiger partial charge in [0.25, 0.3) is 0 Å². The Hall–Kier alpha value is -3.39. The highest BCUT2D eigenvalue weighted by Gasteiger charge is 2.17. The van der Waals surface area contributed by atoms with Gasteiger partial charge in [-0.15, -0.1) is 0 Å². The summed E-state index contributed by atoms with van der Waals surface area (Å²) in [6.07, 6.45) is 1.94. The molecule has 8 heteroatoms. The number of nitrogens with zero attached hydrogens (tertiary/aromatic N) is 3. The first-order valence-corrected chi connectivity index (χ1v) is 10.4. The molecule has 7 nitrogen and oxygen atoms in total. The highest BCUT2D eigenvalue weighted by molar-refractivity contribution is 7.19. The summed E-state index contributed by atoms with van der Waals surface area (Å²) in [5.74, 6) is 0.743. The maximum Gasteiger partial charge on any atom is 0.412 e. The number of fused-ring (bicyclic) bond motifs is 1. The highest BCUT2D eigenvalue weighted by Crippen LogP contribution is 2.37. The van der Waals surface area contributed by atoms with Gasteiger partial charge in [-0.2, -0.15) is 0 Å². The Bertz CT molecular complexity index is 1200. The summed E-state index contributed by atoms with van der Waals surface area (Å²) in [7, 11) is 3.57. The van der Waals surface area contributed by atoms with Crippen molar-refractivity contribution < 1.29 is 14.3 Å². The van der Waals surface area contributed by atoms with Crippen molar-refractivity contribution in [3.63, 3.8) is 0 Å². The Morgan fingerprint density at radius 2 is 2.07 bits per heavy atom. The van der Waals surface area contributed by atoms with Gasteiger partial charge in [0.05, 0.1) is 35.7 Å². The van der Waals surface area contributed by atoms with Gasteiger partial charge in [-0.3, -0.25) is 5.32 Å². The van der Waals surface area contributed by atoms with Crippen LogP contribution in [-0.2, 0) is 24.8 Å². The second kappa shape index (κ2) is 8.54. The SMILES string of the molecule is CCc1nc(-c2ccccc2OC)sc1NC(=O)OCc1ccc2c(c1)ncn2C. The van der Waals surface area contributed by atoms with Crippen LogP contribution in [0.3, 0.4) is 0 Å². The normalized spacial score (nSPS) is 10.9. The zero-order valence-electron chi connectivity index (χ0n) is 17.0. The van der Waals surface area contributed by atoms with Gasteiger partial charge in [0, 0.05) is 7.05 Å². The number of hydrogen-bond acceptors (Lipinski definition) is 6. The number of methoxy groups -OCH3 is 1. The first-order valence-electron chi connectivity index (χ1n) is 9.56. The maximum atomic E-state index is 12.4. The van der Waals surface area contributed by atoms with Crippen molar-refractivity contribution in [1.82, 2.24) is 14.5 Å². The fourth-order valence-corrected chi connectivity index (χ4v) is 4.24. The molecule has 0 fully saturated rings. The third kappa shape index (κ3) is 3.99.